The van der Waals surface area contributed by atoms with Crippen molar-refractivity contribution in [3.05, 3.63) is 17.0 Å². The van der Waals surface area contributed by atoms with Crippen LogP contribution in [0.4, 0.5) is 30.7 Å². The Labute approximate surface area is 136 Å². The molecule has 11 heteroatoms. The Morgan fingerprint density at radius 2 is 1.80 bits per heavy atom. The van der Waals surface area contributed by atoms with E-state index in [4.69, 9.17) is 5.11 Å². The molecule has 0 bridgehead atoms. The van der Waals surface area contributed by atoms with Gasteiger partial charge in [-0.25, -0.2) is 22.4 Å². The number of halogens is 7. The van der Waals surface area contributed by atoms with Gasteiger partial charge in [-0.1, -0.05) is 6.92 Å². The molecule has 3 rings (SSSR count). The molecule has 2 fully saturated rings. The van der Waals surface area contributed by atoms with E-state index in [1.807, 2.05) is 0 Å². The minimum absolute atomic E-state index is 0.435. The van der Waals surface area contributed by atoms with Gasteiger partial charge in [-0.15, -0.1) is 0 Å². The number of alkyl halides is 7. The Hall–Kier alpha value is -1.81. The first-order chi connectivity index (χ1) is 11.2. The highest BCUT2D eigenvalue weighted by Crippen LogP contribution is 2.58. The van der Waals surface area contributed by atoms with Crippen LogP contribution >= 0.6 is 0 Å². The van der Waals surface area contributed by atoms with Gasteiger partial charge in [0, 0.05) is 25.8 Å². The molecular formula is C14H13F7N2O2. The molecular weight excluding hydrogens is 361 g/mol. The largest absolute Gasteiger partial charge is 0.477 e. The van der Waals surface area contributed by atoms with E-state index in [1.54, 1.807) is 0 Å². The lowest BCUT2D eigenvalue weighted by Crippen LogP contribution is -2.47. The zero-order valence-electron chi connectivity index (χ0n) is 12.8. The first-order valence-electron chi connectivity index (χ1n) is 7.32. The van der Waals surface area contributed by atoms with Crippen LogP contribution in [-0.2, 0) is 12.7 Å². The zero-order chi connectivity index (χ0) is 19.0. The van der Waals surface area contributed by atoms with E-state index >= 15 is 0 Å². The number of hydrogen-bond acceptors (Lipinski definition) is 2. The van der Waals surface area contributed by atoms with E-state index in [0.717, 1.165) is 0 Å². The van der Waals surface area contributed by atoms with E-state index in [9.17, 15) is 35.5 Å². The molecule has 1 heterocycles. The Morgan fingerprint density at radius 3 is 2.16 bits per heavy atom. The molecule has 2 saturated carbocycles. The second kappa shape index (κ2) is 4.88. The maximum absolute atomic E-state index is 13.3. The van der Waals surface area contributed by atoms with E-state index < -0.39 is 78.1 Å². The van der Waals surface area contributed by atoms with Gasteiger partial charge in [0.1, 0.15) is 5.56 Å². The summed E-state index contributed by atoms with van der Waals surface area (Å²) in [5.41, 5.74) is -5.21. The maximum Gasteiger partial charge on any atom is 0.420 e. The van der Waals surface area contributed by atoms with Crippen LogP contribution in [0.5, 0.6) is 0 Å². The molecule has 1 unspecified atom stereocenters. The van der Waals surface area contributed by atoms with Gasteiger partial charge < -0.3 is 5.11 Å². The first kappa shape index (κ1) is 18.0. The molecule has 0 spiro atoms. The van der Waals surface area contributed by atoms with Crippen molar-refractivity contribution in [1.29, 1.82) is 0 Å². The topological polar surface area (TPSA) is 55.1 Å². The number of nitrogens with zero attached hydrogens (tertiary/aromatic N) is 2. The van der Waals surface area contributed by atoms with E-state index in [-0.39, 0.29) is 0 Å². The molecule has 1 N–H and O–H groups in total. The summed E-state index contributed by atoms with van der Waals surface area (Å²) in [6.07, 6.45) is -7.35. The summed E-state index contributed by atoms with van der Waals surface area (Å²) >= 11 is 0. The number of hydrogen-bond donors (Lipinski definition) is 1. The molecule has 25 heavy (non-hydrogen) atoms. The summed E-state index contributed by atoms with van der Waals surface area (Å²) in [7, 11) is 0. The number of rotatable bonds is 4. The average molecular weight is 374 g/mol. The average Bonchev–Trinajstić information content (AvgIpc) is 2.81. The van der Waals surface area contributed by atoms with Crippen LogP contribution < -0.4 is 0 Å². The molecule has 1 aromatic heterocycles. The summed E-state index contributed by atoms with van der Waals surface area (Å²) in [6, 6.07) is 0. The van der Waals surface area contributed by atoms with Crippen LogP contribution in [-0.4, -0.2) is 32.7 Å². The van der Waals surface area contributed by atoms with E-state index in [2.05, 4.69) is 5.10 Å². The first-order valence-corrected chi connectivity index (χ1v) is 7.32. The third kappa shape index (κ3) is 3.08. The van der Waals surface area contributed by atoms with Crippen LogP contribution in [0.25, 0.3) is 0 Å². The number of carboxylic acid groups (broad SMARTS) is 1. The van der Waals surface area contributed by atoms with Crippen LogP contribution in [0, 0.1) is 5.41 Å². The molecule has 1 atom stereocenters. The van der Waals surface area contributed by atoms with Gasteiger partial charge in [-0.05, 0) is 5.41 Å². The zero-order valence-corrected chi connectivity index (χ0v) is 12.8. The number of aromatic nitrogens is 2. The molecule has 2 aliphatic rings. The van der Waals surface area contributed by atoms with Gasteiger partial charge in [0.25, 0.3) is 5.92 Å². The van der Waals surface area contributed by atoms with Crippen LogP contribution in [0.15, 0.2) is 0 Å². The van der Waals surface area contributed by atoms with Gasteiger partial charge >= 0.3 is 12.1 Å². The van der Waals surface area contributed by atoms with Crippen molar-refractivity contribution in [1.82, 2.24) is 9.78 Å². The van der Waals surface area contributed by atoms with Gasteiger partial charge in [0.15, 0.2) is 5.69 Å². The fourth-order valence-corrected chi connectivity index (χ4v) is 3.52. The molecule has 140 valence electrons. The van der Waals surface area contributed by atoms with Gasteiger partial charge in [-0.2, -0.15) is 18.3 Å². The maximum atomic E-state index is 13.3. The fourth-order valence-electron chi connectivity index (χ4n) is 3.52. The van der Waals surface area contributed by atoms with Crippen molar-refractivity contribution in [2.45, 2.75) is 56.7 Å². The molecule has 2 aliphatic carbocycles. The highest BCUT2D eigenvalue weighted by Gasteiger charge is 2.62. The predicted molar refractivity (Wildman–Crippen MR) is 68.8 cm³/mol. The lowest BCUT2D eigenvalue weighted by Gasteiger charge is -2.44. The highest BCUT2D eigenvalue weighted by molar-refractivity contribution is 5.88. The second-order valence-electron chi connectivity index (χ2n) is 7.11. The Balaban J connectivity index is 2.05. The van der Waals surface area contributed by atoms with Gasteiger partial charge in [-0.3, -0.25) is 4.68 Å². The van der Waals surface area contributed by atoms with Crippen LogP contribution in [0.3, 0.4) is 0 Å². The third-order valence-corrected chi connectivity index (χ3v) is 4.52. The Morgan fingerprint density at radius 1 is 1.28 bits per heavy atom. The van der Waals surface area contributed by atoms with Crippen molar-refractivity contribution < 1.29 is 40.6 Å². The SMILES string of the molecule is CC1(Cn2nc(C3CC3(F)F)c(C(F)(F)F)c2C(=O)O)CC(F)(F)C1. The van der Waals surface area contributed by atoms with Crippen LogP contribution in [0.2, 0.25) is 0 Å². The number of aromatic carboxylic acids is 1. The van der Waals surface area contributed by atoms with Gasteiger partial charge in [0.05, 0.1) is 11.6 Å². The molecule has 0 radical (unpaired) electrons. The minimum Gasteiger partial charge on any atom is -0.477 e. The van der Waals surface area contributed by atoms with Crippen molar-refractivity contribution >= 4 is 5.97 Å². The standard InChI is InChI=1S/C14H13F7N2O2/c1-11(3-12(15,16)4-11)5-23-9(10(24)25)7(14(19,20)21)8(22-23)6-2-13(6,17)18/h6H,2-5H2,1H3,(H,24,25). The quantitative estimate of drug-likeness (QED) is 0.806. The normalized spacial score (nSPS) is 26.2. The summed E-state index contributed by atoms with van der Waals surface area (Å²) < 4.78 is 93.0. The Bertz CT molecular complexity index is 730. The smallest absolute Gasteiger partial charge is 0.420 e. The minimum atomic E-state index is -5.20. The summed E-state index contributed by atoms with van der Waals surface area (Å²) in [5.74, 6) is -10.2. The monoisotopic (exact) mass is 374 g/mol. The van der Waals surface area contributed by atoms with Gasteiger partial charge in [0.2, 0.25) is 5.92 Å². The van der Waals surface area contributed by atoms with Crippen LogP contribution in [0.1, 0.15) is 53.8 Å². The Kier molecular flexibility index (Phi) is 3.51. The second-order valence-corrected chi connectivity index (χ2v) is 7.11. The lowest BCUT2D eigenvalue weighted by atomic mass is 9.67. The predicted octanol–water partition coefficient (Wildman–Crippen LogP) is 4.16. The molecule has 0 aliphatic heterocycles. The molecule has 0 amide bonds. The van der Waals surface area contributed by atoms with Crippen molar-refractivity contribution in [2.75, 3.05) is 0 Å². The summed E-state index contributed by atoms with van der Waals surface area (Å²) in [6.45, 7) is 0.835. The number of carboxylic acids is 1. The fraction of sp³-hybridized carbons (Fsp3) is 0.714. The summed E-state index contributed by atoms with van der Waals surface area (Å²) in [5, 5.41) is 12.6. The molecule has 0 aromatic carbocycles. The van der Waals surface area contributed by atoms with E-state index in [0.29, 0.717) is 4.68 Å². The van der Waals surface area contributed by atoms with Crippen molar-refractivity contribution in [2.24, 2.45) is 5.41 Å². The van der Waals surface area contributed by atoms with Crippen molar-refractivity contribution in [3.8, 4) is 0 Å². The lowest BCUT2D eigenvalue weighted by molar-refractivity contribution is -0.160. The highest BCUT2D eigenvalue weighted by atomic mass is 19.4. The summed E-state index contributed by atoms with van der Waals surface area (Å²) in [4.78, 5) is 11.3. The molecule has 0 saturated heterocycles. The van der Waals surface area contributed by atoms with Crippen molar-refractivity contribution in [3.63, 3.8) is 0 Å². The molecule has 4 nitrogen and oxygen atoms in total. The molecule has 1 aromatic rings. The third-order valence-electron chi connectivity index (χ3n) is 4.52. The van der Waals surface area contributed by atoms with E-state index in [1.165, 1.54) is 6.92 Å². The number of carbonyl (C=O) groups is 1.